The minimum absolute atomic E-state index is 0.0644. The number of fused-ring (bicyclic) bond motifs is 2. The Morgan fingerprint density at radius 3 is 1.56 bits per heavy atom. The van der Waals surface area contributed by atoms with Crippen LogP contribution in [0.5, 0.6) is 0 Å². The van der Waals surface area contributed by atoms with Gasteiger partial charge in [-0.25, -0.2) is 31.9 Å². The fourth-order valence-electron chi connectivity index (χ4n) is 8.10. The van der Waals surface area contributed by atoms with Crippen molar-refractivity contribution >= 4 is 45.6 Å². The molecule has 10 nitrogen and oxygen atoms in total. The lowest BCUT2D eigenvalue weighted by Gasteiger charge is -2.30. The minimum atomic E-state index is -4.73. The molecule has 0 aliphatic heterocycles. The number of hydrogen-bond donors (Lipinski definition) is 0. The molecule has 2 aliphatic rings. The van der Waals surface area contributed by atoms with Gasteiger partial charge in [0.05, 0.1) is 23.1 Å². The number of alkyl halides is 10. The first-order chi connectivity index (χ1) is 31.7. The zero-order valence-electron chi connectivity index (χ0n) is 37.1. The van der Waals surface area contributed by atoms with Crippen molar-refractivity contribution in [2.75, 3.05) is 0 Å². The highest BCUT2D eigenvalue weighted by atomic mass is 19.4. The van der Waals surface area contributed by atoms with Gasteiger partial charge >= 0.3 is 12.4 Å². The first-order valence-electron chi connectivity index (χ1n) is 21.4. The molecule has 6 aromatic rings. The second-order valence-corrected chi connectivity index (χ2v) is 17.2. The summed E-state index contributed by atoms with van der Waals surface area (Å²) in [6, 6.07) is 6.53. The number of hydrogen-bond acceptors (Lipinski definition) is 8. The van der Waals surface area contributed by atoms with Crippen molar-refractivity contribution in [1.29, 1.82) is 0 Å². The lowest BCUT2D eigenvalue weighted by molar-refractivity contribution is -0.142. The molecule has 68 heavy (non-hydrogen) atoms. The molecule has 2 aliphatic carbocycles. The molecule has 0 N–H and O–H groups in total. The summed E-state index contributed by atoms with van der Waals surface area (Å²) in [5.41, 5.74) is 0.182. The standard InChI is InChI=1S/C24H23F5N4O.C23H20F6N4O/c1-13-11-18-21(31-15(13)3)22(34)20(32-33(18)17-6-8-23(25,26)9-7-17)14(2)10-16-4-5-19(30-12-16)24(27,28)29;1-12-9-17-20(31-13(12)2)21(34)19(32-33(17)15-3-6-22(25,26)7-4-15)16(24)10-14-5-8-30-18(11-14)23(27,28)29/h4-5,10-12,17H,6-9H2,1-3H3;5,8-11,15H,3-4,6-7H2,1-2H3/b14-10+;16-10-. The van der Waals surface area contributed by atoms with Gasteiger partial charge in [-0.3, -0.25) is 28.9 Å². The molecule has 0 saturated heterocycles. The van der Waals surface area contributed by atoms with Crippen molar-refractivity contribution in [3.8, 4) is 0 Å². The van der Waals surface area contributed by atoms with Crippen LogP contribution < -0.4 is 10.9 Å². The van der Waals surface area contributed by atoms with Crippen LogP contribution in [0.15, 0.2) is 58.4 Å². The number of aromatic nitrogens is 8. The minimum Gasteiger partial charge on any atom is -0.285 e. The van der Waals surface area contributed by atoms with E-state index in [2.05, 4.69) is 30.1 Å². The molecular formula is C47H43F11N8O2. The van der Waals surface area contributed by atoms with Gasteiger partial charge in [0.2, 0.25) is 22.7 Å². The molecule has 6 heterocycles. The van der Waals surface area contributed by atoms with Crippen LogP contribution in [-0.2, 0) is 12.4 Å². The molecule has 21 heteroatoms. The highest BCUT2D eigenvalue weighted by Crippen LogP contribution is 2.41. The van der Waals surface area contributed by atoms with E-state index in [4.69, 9.17) is 0 Å². The van der Waals surface area contributed by atoms with E-state index in [1.54, 1.807) is 44.5 Å². The fraction of sp³-hybridized carbons (Fsp3) is 0.404. The van der Waals surface area contributed by atoms with E-state index in [1.807, 2.05) is 6.92 Å². The average molecular weight is 961 g/mol. The quantitative estimate of drug-likeness (QED) is 0.151. The summed E-state index contributed by atoms with van der Waals surface area (Å²) in [4.78, 5) is 41.7. The molecule has 0 bridgehead atoms. The van der Waals surface area contributed by atoms with E-state index in [0.29, 0.717) is 39.6 Å². The van der Waals surface area contributed by atoms with Crippen LogP contribution >= 0.6 is 0 Å². The molecule has 0 amide bonds. The molecule has 0 spiro atoms. The van der Waals surface area contributed by atoms with Crippen LogP contribution in [0.4, 0.5) is 48.3 Å². The Morgan fingerprint density at radius 2 is 1.10 bits per heavy atom. The lowest BCUT2D eigenvalue weighted by atomic mass is 9.92. The van der Waals surface area contributed by atoms with E-state index in [-0.39, 0.29) is 79.7 Å². The highest BCUT2D eigenvalue weighted by molar-refractivity contribution is 5.84. The van der Waals surface area contributed by atoms with Gasteiger partial charge < -0.3 is 0 Å². The van der Waals surface area contributed by atoms with Gasteiger partial charge in [0.25, 0.3) is 0 Å². The van der Waals surface area contributed by atoms with E-state index >= 15 is 4.39 Å². The van der Waals surface area contributed by atoms with E-state index in [1.165, 1.54) is 16.8 Å². The van der Waals surface area contributed by atoms with E-state index in [9.17, 15) is 53.5 Å². The maximum Gasteiger partial charge on any atom is 0.433 e. The first-order valence-corrected chi connectivity index (χ1v) is 21.4. The van der Waals surface area contributed by atoms with E-state index < -0.39 is 64.0 Å². The van der Waals surface area contributed by atoms with Gasteiger partial charge in [0.1, 0.15) is 28.1 Å². The molecular weight excluding hydrogens is 918 g/mol. The lowest BCUT2D eigenvalue weighted by Crippen LogP contribution is -2.29. The summed E-state index contributed by atoms with van der Waals surface area (Å²) in [6.07, 6.45) is -5.82. The number of halogens is 11. The monoisotopic (exact) mass is 960 g/mol. The third-order valence-electron chi connectivity index (χ3n) is 12.2. The summed E-state index contributed by atoms with van der Waals surface area (Å²) < 4.78 is 150. The van der Waals surface area contributed by atoms with Crippen LogP contribution in [0, 0.1) is 27.7 Å². The fourth-order valence-corrected chi connectivity index (χ4v) is 8.10. The van der Waals surface area contributed by atoms with Crippen LogP contribution in [0.3, 0.4) is 0 Å². The van der Waals surface area contributed by atoms with Gasteiger partial charge in [-0.15, -0.1) is 0 Å². The van der Waals surface area contributed by atoms with Gasteiger partial charge in [0.15, 0.2) is 11.5 Å². The van der Waals surface area contributed by atoms with Crippen molar-refractivity contribution < 1.29 is 48.3 Å². The number of pyridine rings is 4. The summed E-state index contributed by atoms with van der Waals surface area (Å²) in [5, 5.41) is 8.69. The average Bonchev–Trinajstić information content (AvgIpc) is 3.25. The van der Waals surface area contributed by atoms with Crippen molar-refractivity contribution in [2.45, 2.75) is 122 Å². The molecule has 0 aromatic carbocycles. The molecule has 0 atom stereocenters. The Kier molecular flexibility index (Phi) is 13.5. The number of aryl methyl sites for hydroxylation is 4. The Hall–Kier alpha value is -6.41. The van der Waals surface area contributed by atoms with Crippen LogP contribution in [-0.4, -0.2) is 51.3 Å². The van der Waals surface area contributed by atoms with Crippen LogP contribution in [0.25, 0.3) is 45.6 Å². The summed E-state index contributed by atoms with van der Waals surface area (Å²) >= 11 is 0. The Labute approximate surface area is 380 Å². The predicted molar refractivity (Wildman–Crippen MR) is 232 cm³/mol. The maximum atomic E-state index is 15.2. The van der Waals surface area contributed by atoms with Crippen LogP contribution in [0.1, 0.15) is 127 Å². The third kappa shape index (κ3) is 10.8. The summed E-state index contributed by atoms with van der Waals surface area (Å²) in [7, 11) is 0. The zero-order valence-corrected chi connectivity index (χ0v) is 37.1. The molecule has 0 unspecified atom stereocenters. The smallest absolute Gasteiger partial charge is 0.285 e. The van der Waals surface area contributed by atoms with Crippen molar-refractivity contribution in [3.05, 3.63) is 126 Å². The van der Waals surface area contributed by atoms with Gasteiger partial charge in [0, 0.05) is 49.5 Å². The Bertz CT molecular complexity index is 3070. The normalized spacial score (nSPS) is 17.4. The number of nitrogens with zero attached hydrogens (tertiary/aromatic N) is 8. The Balaban J connectivity index is 0.000000201. The number of rotatable bonds is 6. The SMILES string of the molecule is C/C(=C\c1ccc(C(F)(F)F)nc1)c1nn(C2CCC(F)(F)CC2)c2cc(C)c(C)nc2c1=O.Cc1cc2c(nc1C)c(=O)c(/C(F)=C/c1ccnc(C(F)(F)F)c1)nn2C1CCC(F)(F)CC1. The second kappa shape index (κ2) is 18.6. The molecule has 8 rings (SSSR count). The zero-order chi connectivity index (χ0) is 49.7. The second-order valence-electron chi connectivity index (χ2n) is 17.2. The maximum absolute atomic E-state index is 15.2. The van der Waals surface area contributed by atoms with Gasteiger partial charge in [-0.05, 0) is 131 Å². The first kappa shape index (κ1) is 49.5. The molecule has 360 valence electrons. The highest BCUT2D eigenvalue weighted by Gasteiger charge is 2.38. The molecule has 2 fully saturated rings. The van der Waals surface area contributed by atoms with Crippen LogP contribution in [0.2, 0.25) is 0 Å². The number of allylic oxidation sites excluding steroid dienone is 1. The van der Waals surface area contributed by atoms with Gasteiger partial charge in [-0.2, -0.15) is 36.5 Å². The van der Waals surface area contributed by atoms with Crippen molar-refractivity contribution in [3.63, 3.8) is 0 Å². The van der Waals surface area contributed by atoms with Gasteiger partial charge in [-0.1, -0.05) is 6.07 Å². The predicted octanol–water partition coefficient (Wildman–Crippen LogP) is 12.2. The molecule has 0 radical (unpaired) electrons. The van der Waals surface area contributed by atoms with Crippen molar-refractivity contribution in [2.24, 2.45) is 0 Å². The Morgan fingerprint density at radius 1 is 0.632 bits per heavy atom. The molecule has 2 saturated carbocycles. The summed E-state index contributed by atoms with van der Waals surface area (Å²) in [6.45, 7) is 8.68. The topological polar surface area (TPSA) is 121 Å². The van der Waals surface area contributed by atoms with Crippen molar-refractivity contribution in [1.82, 2.24) is 39.5 Å². The largest absolute Gasteiger partial charge is 0.433 e. The summed E-state index contributed by atoms with van der Waals surface area (Å²) in [5.74, 6) is -6.69. The van der Waals surface area contributed by atoms with E-state index in [0.717, 1.165) is 41.7 Å². The third-order valence-corrected chi connectivity index (χ3v) is 12.2. The molecule has 6 aromatic heterocycles.